The number of rotatable bonds is 0. The van der Waals surface area contributed by atoms with Gasteiger partial charge >= 0.3 is 11.0 Å². The zero-order chi connectivity index (χ0) is 6.15. The molecule has 0 bridgehead atoms. The molecule has 1 saturated heterocycles. The highest BCUT2D eigenvalue weighted by atomic mass is 32.2. The Morgan fingerprint density at radius 3 is 2.38 bits per heavy atom. The van der Waals surface area contributed by atoms with E-state index in [1.807, 2.05) is 0 Å². The van der Waals surface area contributed by atoms with E-state index in [2.05, 4.69) is 4.72 Å². The van der Waals surface area contributed by atoms with Crippen molar-refractivity contribution in [3.63, 3.8) is 0 Å². The van der Waals surface area contributed by atoms with Gasteiger partial charge in [-0.1, -0.05) is 0 Å². The molecule has 0 spiro atoms. The van der Waals surface area contributed by atoms with Gasteiger partial charge in [-0.3, -0.25) is 4.79 Å². The maximum absolute atomic E-state index is 10.2. The lowest BCUT2D eigenvalue weighted by Gasteiger charge is -1.88. The molecule has 1 aliphatic rings. The molecule has 5 heteroatoms. The van der Waals surface area contributed by atoms with Gasteiger partial charge < -0.3 is 4.55 Å². The highest BCUT2D eigenvalue weighted by Crippen LogP contribution is 2.03. The van der Waals surface area contributed by atoms with Crippen LogP contribution in [-0.4, -0.2) is 15.6 Å². The Hall–Kier alpha value is -0.550. The first-order chi connectivity index (χ1) is 3.70. The molecule has 1 fully saturated rings. The number of hydrogen-bond donors (Lipinski definition) is 0. The van der Waals surface area contributed by atoms with Crippen LogP contribution in [0.3, 0.4) is 0 Å². The second-order valence-electron chi connectivity index (χ2n) is 1.28. The Morgan fingerprint density at radius 2 is 2.25 bits per heavy atom. The van der Waals surface area contributed by atoms with Crippen LogP contribution in [0.1, 0.15) is 6.42 Å². The van der Waals surface area contributed by atoms with Gasteiger partial charge in [0.05, 0.1) is 0 Å². The third-order valence-electron chi connectivity index (χ3n) is 0.675. The maximum atomic E-state index is 10.2. The normalized spacial score (nSPS) is 28.4. The Labute approximate surface area is 48.6 Å². The van der Waals surface area contributed by atoms with Crippen LogP contribution in [0.4, 0.5) is 0 Å². The quantitative estimate of drug-likeness (QED) is 0.304. The van der Waals surface area contributed by atoms with Crippen LogP contribution in [0.2, 0.25) is 0 Å². The molecule has 4 nitrogen and oxygen atoms in total. The second-order valence-corrected chi connectivity index (χ2v) is 2.42. The number of nitrogens with zero attached hydrogens (tertiary/aromatic N) is 1. The summed E-state index contributed by atoms with van der Waals surface area (Å²) in [6.45, 7) is 0. The maximum Gasteiger partial charge on any atom is 0.367 e. The second kappa shape index (κ2) is 1.75. The first kappa shape index (κ1) is 5.58. The molecule has 1 unspecified atom stereocenters. The smallest absolute Gasteiger partial charge is 0.367 e. The largest absolute Gasteiger partial charge is 0.584 e. The molecule has 43 valence electrons. The van der Waals surface area contributed by atoms with E-state index in [4.69, 9.17) is 0 Å². The average molecular weight is 132 g/mol. The van der Waals surface area contributed by atoms with Crippen molar-refractivity contribution in [2.24, 2.45) is 0 Å². The molecule has 0 aromatic rings. The van der Waals surface area contributed by atoms with Gasteiger partial charge in [-0.15, -0.1) is 0 Å². The third-order valence-corrected chi connectivity index (χ3v) is 1.58. The Kier molecular flexibility index (Phi) is 1.22. The van der Waals surface area contributed by atoms with Gasteiger partial charge in [-0.25, -0.2) is 4.79 Å². The van der Waals surface area contributed by atoms with Crippen LogP contribution in [0, 0.1) is 0 Å². The fraction of sp³-hybridized carbons (Fsp3) is 0.333. The molecule has 1 radical (unpaired) electrons. The van der Waals surface area contributed by atoms with Crippen LogP contribution in [0.15, 0.2) is 0 Å². The molecule has 1 rings (SSSR count). The van der Waals surface area contributed by atoms with Gasteiger partial charge in [-0.05, 0) is 4.72 Å². The van der Waals surface area contributed by atoms with Gasteiger partial charge in [-0.2, -0.15) is 0 Å². The molecule has 1 amide bonds. The summed E-state index contributed by atoms with van der Waals surface area (Å²) < 4.78 is 13.1. The molecule has 0 saturated carbocycles. The zero-order valence-corrected chi connectivity index (χ0v) is 4.60. The molecule has 0 aromatic carbocycles. The predicted molar refractivity (Wildman–Crippen MR) is 24.9 cm³/mol. The molecule has 8 heavy (non-hydrogen) atoms. The topological polar surface area (TPSA) is 71.3 Å². The van der Waals surface area contributed by atoms with E-state index < -0.39 is 22.4 Å². The zero-order valence-electron chi connectivity index (χ0n) is 3.79. The van der Waals surface area contributed by atoms with E-state index in [1.54, 1.807) is 0 Å². The highest BCUT2D eigenvalue weighted by molar-refractivity contribution is 8.05. The molecule has 0 N–H and O–H groups in total. The molecular formula is C3H2NO3S. The summed E-state index contributed by atoms with van der Waals surface area (Å²) in [5, 5.41) is -0.588. The van der Waals surface area contributed by atoms with Crippen LogP contribution in [-0.2, 0) is 21.0 Å². The molecular weight excluding hydrogens is 130 g/mol. The highest BCUT2D eigenvalue weighted by Gasteiger charge is 2.36. The van der Waals surface area contributed by atoms with E-state index in [0.29, 0.717) is 0 Å². The summed E-state index contributed by atoms with van der Waals surface area (Å²) >= 11 is -1.86. The lowest BCUT2D eigenvalue weighted by molar-refractivity contribution is -0.121. The molecule has 0 aromatic heterocycles. The Balaban J connectivity index is 2.64. The Bertz CT molecular complexity index is 145. The van der Waals surface area contributed by atoms with E-state index in [1.165, 1.54) is 0 Å². The van der Waals surface area contributed by atoms with Crippen molar-refractivity contribution in [2.75, 3.05) is 0 Å². The molecule has 0 aliphatic carbocycles. The van der Waals surface area contributed by atoms with E-state index in [-0.39, 0.29) is 6.42 Å². The molecule has 1 aliphatic heterocycles. The van der Waals surface area contributed by atoms with Crippen molar-refractivity contribution in [3.8, 4) is 0 Å². The summed E-state index contributed by atoms with van der Waals surface area (Å²) in [4.78, 5) is 20.3. The van der Waals surface area contributed by atoms with Crippen LogP contribution < -0.4 is 4.72 Å². The monoisotopic (exact) mass is 132 g/mol. The van der Waals surface area contributed by atoms with Crippen molar-refractivity contribution in [2.45, 2.75) is 6.42 Å². The third kappa shape index (κ3) is 0.823. The van der Waals surface area contributed by atoms with Crippen molar-refractivity contribution in [3.05, 3.63) is 0 Å². The average Bonchev–Trinajstić information content (AvgIpc) is 1.85. The van der Waals surface area contributed by atoms with Gasteiger partial charge in [0.15, 0.2) is 11.4 Å². The molecule has 1 heterocycles. The fourth-order valence-electron chi connectivity index (χ4n) is 0.361. The first-order valence-electron chi connectivity index (χ1n) is 1.89. The first-order valence-corrected chi connectivity index (χ1v) is 3.00. The lowest BCUT2D eigenvalue weighted by atomic mass is 10.5. The minimum atomic E-state index is -1.86. The lowest BCUT2D eigenvalue weighted by Crippen LogP contribution is -2.14. The van der Waals surface area contributed by atoms with E-state index in [9.17, 15) is 14.1 Å². The minimum Gasteiger partial charge on any atom is -0.584 e. The van der Waals surface area contributed by atoms with Crippen molar-refractivity contribution in [1.29, 1.82) is 0 Å². The summed E-state index contributed by atoms with van der Waals surface area (Å²) in [5.74, 6) is -0.576. The van der Waals surface area contributed by atoms with Crippen LogP contribution in [0.25, 0.3) is 0 Å². The van der Waals surface area contributed by atoms with Crippen LogP contribution in [0.5, 0.6) is 0 Å². The molecule has 1 atom stereocenters. The fourth-order valence-corrected chi connectivity index (χ4v) is 0.959. The SMILES string of the molecule is O=C1CC(=O)[S+]([O-])[N]1. The van der Waals surface area contributed by atoms with Crippen molar-refractivity contribution >= 4 is 22.4 Å². The Morgan fingerprint density at radius 1 is 1.62 bits per heavy atom. The summed E-state index contributed by atoms with van der Waals surface area (Å²) in [6.07, 6.45) is -0.285. The summed E-state index contributed by atoms with van der Waals surface area (Å²) in [7, 11) is 0. The number of amides is 1. The van der Waals surface area contributed by atoms with E-state index in [0.717, 1.165) is 0 Å². The number of carbonyl (C=O) groups is 2. The number of hydrogen-bond acceptors (Lipinski definition) is 3. The standard InChI is InChI=1S/C3H2NO3S/c5-2-1-3(6)8(7)4-2/h1H2. The van der Waals surface area contributed by atoms with Gasteiger partial charge in [0.1, 0.15) is 6.42 Å². The summed E-state index contributed by atoms with van der Waals surface area (Å²) in [6, 6.07) is 0. The number of carbonyl (C=O) groups excluding carboxylic acids is 2. The van der Waals surface area contributed by atoms with E-state index >= 15 is 0 Å². The van der Waals surface area contributed by atoms with Crippen LogP contribution >= 0.6 is 0 Å². The minimum absolute atomic E-state index is 0.285. The van der Waals surface area contributed by atoms with Crippen molar-refractivity contribution in [1.82, 2.24) is 4.72 Å². The van der Waals surface area contributed by atoms with Gasteiger partial charge in [0.2, 0.25) is 0 Å². The van der Waals surface area contributed by atoms with Gasteiger partial charge in [0.25, 0.3) is 0 Å². The van der Waals surface area contributed by atoms with Crippen molar-refractivity contribution < 1.29 is 14.1 Å². The summed E-state index contributed by atoms with van der Waals surface area (Å²) in [5.41, 5.74) is 0. The van der Waals surface area contributed by atoms with Gasteiger partial charge in [0, 0.05) is 0 Å². The predicted octanol–water partition coefficient (Wildman–Crippen LogP) is -1.29.